The second kappa shape index (κ2) is 8.52. The lowest BCUT2D eigenvalue weighted by atomic mass is 10.1. The maximum absolute atomic E-state index is 10.3. The Kier molecular flexibility index (Phi) is 8.46. The van der Waals surface area contributed by atoms with E-state index in [1.807, 2.05) is 0 Å². The van der Waals surface area contributed by atoms with Gasteiger partial charge in [-0.1, -0.05) is 13.8 Å². The molecule has 0 amide bonds. The third-order valence-electron chi connectivity index (χ3n) is 1.75. The quantitative estimate of drug-likeness (QED) is 0.451. The van der Waals surface area contributed by atoms with Crippen LogP contribution in [-0.4, -0.2) is 18.5 Å². The number of ether oxygens (including phenoxy) is 1. The number of unbranched alkanes of at least 4 members (excludes halogenated alkanes) is 1. The van der Waals surface area contributed by atoms with E-state index in [9.17, 15) is 4.79 Å². The summed E-state index contributed by atoms with van der Waals surface area (Å²) in [7, 11) is 0. The second-order valence-electron chi connectivity index (χ2n) is 3.61. The predicted octanol–water partition coefficient (Wildman–Crippen LogP) is 2.98. The summed E-state index contributed by atoms with van der Waals surface area (Å²) in [6.45, 7) is 5.93. The molecule has 0 aromatic rings. The monoisotopic (exact) mass is 206 g/mol. The molecule has 0 rings (SSSR count). The van der Waals surface area contributed by atoms with Crippen LogP contribution in [0.5, 0.6) is 0 Å². The molecule has 0 aliphatic rings. The van der Waals surface area contributed by atoms with Gasteiger partial charge in [0.2, 0.25) is 5.24 Å². The maximum atomic E-state index is 10.3. The van der Waals surface area contributed by atoms with E-state index in [4.69, 9.17) is 16.3 Å². The molecule has 0 N–H and O–H groups in total. The predicted molar refractivity (Wildman–Crippen MR) is 55.0 cm³/mol. The van der Waals surface area contributed by atoms with E-state index in [-0.39, 0.29) is 5.24 Å². The summed E-state index contributed by atoms with van der Waals surface area (Å²) in [5.74, 6) is 0.699. The van der Waals surface area contributed by atoms with E-state index in [1.54, 1.807) is 0 Å². The minimum Gasteiger partial charge on any atom is -0.381 e. The molecule has 13 heavy (non-hydrogen) atoms. The van der Waals surface area contributed by atoms with Gasteiger partial charge in [0.1, 0.15) is 0 Å². The molecular formula is C10H19ClO2. The van der Waals surface area contributed by atoms with Gasteiger partial charge in [0.05, 0.1) is 0 Å². The Morgan fingerprint density at radius 1 is 1.31 bits per heavy atom. The summed E-state index contributed by atoms with van der Waals surface area (Å²) >= 11 is 5.18. The van der Waals surface area contributed by atoms with Crippen LogP contribution in [0.15, 0.2) is 0 Å². The summed E-state index contributed by atoms with van der Waals surface area (Å²) in [5.41, 5.74) is 0. The average Bonchev–Trinajstić information content (AvgIpc) is 2.01. The Morgan fingerprint density at radius 3 is 2.54 bits per heavy atom. The summed E-state index contributed by atoms with van der Waals surface area (Å²) in [5, 5.41) is -0.248. The van der Waals surface area contributed by atoms with Gasteiger partial charge in [-0.2, -0.15) is 0 Å². The first-order chi connectivity index (χ1) is 6.13. The molecule has 0 aliphatic heterocycles. The normalized spacial score (nSPS) is 10.8. The molecule has 0 heterocycles. The number of hydrogen-bond donors (Lipinski definition) is 0. The van der Waals surface area contributed by atoms with Crippen LogP contribution >= 0.6 is 11.6 Å². The zero-order valence-electron chi connectivity index (χ0n) is 8.51. The molecule has 0 saturated carbocycles. The molecule has 0 atom stereocenters. The summed E-state index contributed by atoms with van der Waals surface area (Å²) in [6, 6.07) is 0. The second-order valence-corrected chi connectivity index (χ2v) is 4.03. The van der Waals surface area contributed by atoms with Gasteiger partial charge in [-0.05, 0) is 36.8 Å². The summed E-state index contributed by atoms with van der Waals surface area (Å²) in [4.78, 5) is 10.3. The van der Waals surface area contributed by atoms with E-state index in [2.05, 4.69) is 13.8 Å². The van der Waals surface area contributed by atoms with Crippen LogP contribution in [0.3, 0.4) is 0 Å². The van der Waals surface area contributed by atoms with Gasteiger partial charge in [-0.15, -0.1) is 0 Å². The molecule has 0 spiro atoms. The largest absolute Gasteiger partial charge is 0.381 e. The third kappa shape index (κ3) is 11.9. The minimum atomic E-state index is -0.248. The first kappa shape index (κ1) is 12.9. The standard InChI is InChI=1S/C10H19ClO2/c1-9(2)6-8-13-7-4-3-5-10(11)12/h9H,3-8H2,1-2H3. The van der Waals surface area contributed by atoms with Crippen LogP contribution in [0.1, 0.15) is 39.5 Å². The van der Waals surface area contributed by atoms with E-state index in [1.165, 1.54) is 0 Å². The van der Waals surface area contributed by atoms with Gasteiger partial charge in [0.25, 0.3) is 0 Å². The van der Waals surface area contributed by atoms with Crippen LogP contribution in [0.25, 0.3) is 0 Å². The molecule has 2 nitrogen and oxygen atoms in total. The molecule has 0 aliphatic carbocycles. The first-order valence-electron chi connectivity index (χ1n) is 4.89. The van der Waals surface area contributed by atoms with E-state index in [0.29, 0.717) is 12.3 Å². The molecule has 0 radical (unpaired) electrons. The van der Waals surface area contributed by atoms with Gasteiger partial charge < -0.3 is 4.74 Å². The van der Waals surface area contributed by atoms with Gasteiger partial charge in [0.15, 0.2) is 0 Å². The number of carbonyl (C=O) groups excluding carboxylic acids is 1. The van der Waals surface area contributed by atoms with Crippen LogP contribution in [-0.2, 0) is 9.53 Å². The summed E-state index contributed by atoms with van der Waals surface area (Å²) in [6.07, 6.45) is 3.34. The van der Waals surface area contributed by atoms with E-state index in [0.717, 1.165) is 32.5 Å². The Labute approximate surface area is 85.6 Å². The number of hydrogen-bond acceptors (Lipinski definition) is 2. The highest BCUT2D eigenvalue weighted by atomic mass is 35.5. The van der Waals surface area contributed by atoms with Crippen molar-refractivity contribution in [3.63, 3.8) is 0 Å². The fourth-order valence-electron chi connectivity index (χ4n) is 0.889. The SMILES string of the molecule is CC(C)CCOCCCCC(=O)Cl. The lowest BCUT2D eigenvalue weighted by molar-refractivity contribution is -0.111. The van der Waals surface area contributed by atoms with Gasteiger partial charge >= 0.3 is 0 Å². The first-order valence-corrected chi connectivity index (χ1v) is 5.26. The van der Waals surface area contributed by atoms with Crippen molar-refractivity contribution in [2.75, 3.05) is 13.2 Å². The number of rotatable bonds is 8. The van der Waals surface area contributed by atoms with E-state index < -0.39 is 0 Å². The highest BCUT2D eigenvalue weighted by molar-refractivity contribution is 6.63. The smallest absolute Gasteiger partial charge is 0.221 e. The maximum Gasteiger partial charge on any atom is 0.221 e. The highest BCUT2D eigenvalue weighted by Gasteiger charge is 1.96. The summed E-state index contributed by atoms with van der Waals surface area (Å²) < 4.78 is 5.37. The lowest BCUT2D eigenvalue weighted by Gasteiger charge is -2.05. The molecule has 0 aromatic heterocycles. The Hall–Kier alpha value is -0.0800. The highest BCUT2D eigenvalue weighted by Crippen LogP contribution is 2.02. The number of halogens is 1. The zero-order valence-corrected chi connectivity index (χ0v) is 9.27. The van der Waals surface area contributed by atoms with Crippen molar-refractivity contribution in [3.05, 3.63) is 0 Å². The van der Waals surface area contributed by atoms with Gasteiger partial charge in [-0.25, -0.2) is 0 Å². The van der Waals surface area contributed by atoms with E-state index >= 15 is 0 Å². The fourth-order valence-corrected chi connectivity index (χ4v) is 1.02. The molecule has 3 heteroatoms. The number of carbonyl (C=O) groups is 1. The average molecular weight is 207 g/mol. The molecule has 0 fully saturated rings. The lowest BCUT2D eigenvalue weighted by Crippen LogP contribution is -2.00. The molecule has 0 bridgehead atoms. The Morgan fingerprint density at radius 2 is 2.00 bits per heavy atom. The molecular weight excluding hydrogens is 188 g/mol. The van der Waals surface area contributed by atoms with Crippen molar-refractivity contribution in [1.82, 2.24) is 0 Å². The van der Waals surface area contributed by atoms with Crippen LogP contribution in [0, 0.1) is 5.92 Å². The van der Waals surface area contributed by atoms with Gasteiger partial charge in [0, 0.05) is 19.6 Å². The van der Waals surface area contributed by atoms with Crippen molar-refractivity contribution >= 4 is 16.8 Å². The van der Waals surface area contributed by atoms with Crippen LogP contribution in [0.2, 0.25) is 0 Å². The van der Waals surface area contributed by atoms with Gasteiger partial charge in [-0.3, -0.25) is 4.79 Å². The van der Waals surface area contributed by atoms with Crippen molar-refractivity contribution in [3.8, 4) is 0 Å². The molecule has 0 unspecified atom stereocenters. The Balaban J connectivity index is 2.96. The van der Waals surface area contributed by atoms with Crippen molar-refractivity contribution < 1.29 is 9.53 Å². The minimum absolute atomic E-state index is 0.248. The van der Waals surface area contributed by atoms with Crippen LogP contribution < -0.4 is 0 Å². The van der Waals surface area contributed by atoms with Crippen molar-refractivity contribution in [2.24, 2.45) is 5.92 Å². The fraction of sp³-hybridized carbons (Fsp3) is 0.900. The van der Waals surface area contributed by atoms with Crippen LogP contribution in [0.4, 0.5) is 0 Å². The molecule has 0 saturated heterocycles. The van der Waals surface area contributed by atoms with Crippen molar-refractivity contribution in [2.45, 2.75) is 39.5 Å². The topological polar surface area (TPSA) is 26.3 Å². The molecule has 78 valence electrons. The third-order valence-corrected chi connectivity index (χ3v) is 1.94. The molecule has 0 aromatic carbocycles. The van der Waals surface area contributed by atoms with Crippen molar-refractivity contribution in [1.29, 1.82) is 0 Å². The zero-order chi connectivity index (χ0) is 10.1. The Bertz CT molecular complexity index is 135.